The van der Waals surface area contributed by atoms with Crippen molar-refractivity contribution in [2.75, 3.05) is 13.1 Å². The summed E-state index contributed by atoms with van der Waals surface area (Å²) in [4.78, 5) is 70.3. The lowest BCUT2D eigenvalue weighted by atomic mass is 10.1. The van der Waals surface area contributed by atoms with E-state index < -0.39 is 66.6 Å². The van der Waals surface area contributed by atoms with Crippen LogP contribution < -0.4 is 27.8 Å². The average molecular weight is 400 g/mol. The summed E-state index contributed by atoms with van der Waals surface area (Å²) in [5.41, 5.74) is 15.5. The molecule has 1 heterocycles. The van der Waals surface area contributed by atoms with Crippen LogP contribution in [0.25, 0.3) is 0 Å². The predicted octanol–water partition coefficient (Wildman–Crippen LogP) is -4.26. The van der Waals surface area contributed by atoms with Crippen molar-refractivity contribution in [3.8, 4) is 0 Å². The van der Waals surface area contributed by atoms with Crippen molar-refractivity contribution in [3.63, 3.8) is 0 Å². The van der Waals surface area contributed by atoms with Crippen molar-refractivity contribution >= 4 is 35.5 Å². The van der Waals surface area contributed by atoms with Crippen LogP contribution in [0.3, 0.4) is 0 Å². The number of hydrogen-bond donors (Lipinski definition) is 6. The zero-order chi connectivity index (χ0) is 21.4. The summed E-state index contributed by atoms with van der Waals surface area (Å²) in [6.07, 6.45) is -0.0961. The first kappa shape index (κ1) is 22.8. The van der Waals surface area contributed by atoms with Gasteiger partial charge in [0.05, 0.1) is 25.4 Å². The second-order valence-corrected chi connectivity index (χ2v) is 6.31. The molecule has 0 aromatic carbocycles. The molecule has 3 unspecified atom stereocenters. The molecule has 9 N–H and O–H groups in total. The van der Waals surface area contributed by atoms with Crippen LogP contribution in [-0.2, 0) is 28.8 Å². The predicted molar refractivity (Wildman–Crippen MR) is 92.9 cm³/mol. The third kappa shape index (κ3) is 6.83. The molecular weight excluding hydrogens is 376 g/mol. The Bertz CT molecular complexity index is 667. The highest BCUT2D eigenvalue weighted by Gasteiger charge is 2.36. The number of nitrogens with two attached hydrogens (primary N) is 3. The number of nitrogens with zero attached hydrogens (tertiary/aromatic N) is 1. The SMILES string of the molecule is NC(=O)CC(N)C(=O)N1CCCC1C(=O)NCC(=O)NC(CC(N)=O)C(=O)O. The highest BCUT2D eigenvalue weighted by molar-refractivity contribution is 5.94. The Hall–Kier alpha value is -3.22. The third-order valence-electron chi connectivity index (χ3n) is 4.04. The molecule has 0 bridgehead atoms. The minimum Gasteiger partial charge on any atom is -0.480 e. The molecule has 13 nitrogen and oxygen atoms in total. The van der Waals surface area contributed by atoms with E-state index in [1.807, 2.05) is 0 Å². The van der Waals surface area contributed by atoms with Crippen molar-refractivity contribution in [2.45, 2.75) is 43.8 Å². The Kier molecular flexibility index (Phi) is 8.31. The lowest BCUT2D eigenvalue weighted by Gasteiger charge is -2.26. The van der Waals surface area contributed by atoms with Gasteiger partial charge in [0.15, 0.2) is 0 Å². The van der Waals surface area contributed by atoms with E-state index in [1.54, 1.807) is 0 Å². The molecule has 1 rings (SSSR count). The van der Waals surface area contributed by atoms with E-state index in [-0.39, 0.29) is 13.0 Å². The highest BCUT2D eigenvalue weighted by atomic mass is 16.4. The van der Waals surface area contributed by atoms with E-state index in [0.29, 0.717) is 12.8 Å². The maximum Gasteiger partial charge on any atom is 0.326 e. The molecule has 3 atom stereocenters. The maximum atomic E-state index is 12.3. The molecule has 0 saturated carbocycles. The van der Waals surface area contributed by atoms with E-state index in [2.05, 4.69) is 10.6 Å². The van der Waals surface area contributed by atoms with E-state index >= 15 is 0 Å². The fraction of sp³-hybridized carbons (Fsp3) is 0.600. The highest BCUT2D eigenvalue weighted by Crippen LogP contribution is 2.18. The van der Waals surface area contributed by atoms with Crippen LogP contribution in [0, 0.1) is 0 Å². The molecule has 5 amide bonds. The van der Waals surface area contributed by atoms with Crippen LogP contribution in [0.4, 0.5) is 0 Å². The number of primary amides is 2. The Morgan fingerprint density at radius 2 is 1.68 bits per heavy atom. The number of hydrogen-bond acceptors (Lipinski definition) is 7. The van der Waals surface area contributed by atoms with Gasteiger partial charge in [-0.1, -0.05) is 0 Å². The van der Waals surface area contributed by atoms with E-state index in [0.717, 1.165) is 0 Å². The Morgan fingerprint density at radius 1 is 1.07 bits per heavy atom. The van der Waals surface area contributed by atoms with Gasteiger partial charge in [-0.2, -0.15) is 0 Å². The number of likely N-dealkylation sites (tertiary alicyclic amines) is 1. The van der Waals surface area contributed by atoms with Gasteiger partial charge in [0, 0.05) is 6.54 Å². The Morgan fingerprint density at radius 3 is 2.21 bits per heavy atom. The number of aliphatic carboxylic acids is 1. The summed E-state index contributed by atoms with van der Waals surface area (Å²) in [7, 11) is 0. The van der Waals surface area contributed by atoms with Crippen molar-refractivity contribution in [3.05, 3.63) is 0 Å². The molecular formula is C15H24N6O7. The zero-order valence-corrected chi connectivity index (χ0v) is 15.1. The summed E-state index contributed by atoms with van der Waals surface area (Å²) in [6.45, 7) is -0.303. The minimum absolute atomic E-state index is 0.259. The molecule has 0 spiro atoms. The number of carboxylic acid groups (broad SMARTS) is 1. The summed E-state index contributed by atoms with van der Waals surface area (Å²) < 4.78 is 0. The van der Waals surface area contributed by atoms with Gasteiger partial charge in [-0.3, -0.25) is 24.0 Å². The number of carbonyl (C=O) groups is 6. The number of nitrogens with one attached hydrogen (secondary N) is 2. The van der Waals surface area contributed by atoms with Crippen LogP contribution in [0.1, 0.15) is 25.7 Å². The quantitative estimate of drug-likeness (QED) is 0.210. The largest absolute Gasteiger partial charge is 0.480 e. The van der Waals surface area contributed by atoms with Gasteiger partial charge in [0.1, 0.15) is 12.1 Å². The first-order chi connectivity index (χ1) is 13.0. The first-order valence-corrected chi connectivity index (χ1v) is 8.45. The standard InChI is InChI=1S/C15H24N6O7/c16-7(4-10(17)22)14(26)21-3-1-2-9(21)13(25)19-6-12(24)20-8(15(27)28)5-11(18)23/h7-9H,1-6,16H2,(H2,17,22)(H2,18,23)(H,19,25)(H,20,24)(H,27,28). The van der Waals surface area contributed by atoms with Gasteiger partial charge in [0.25, 0.3) is 0 Å². The Balaban J connectivity index is 2.60. The smallest absolute Gasteiger partial charge is 0.326 e. The molecule has 1 saturated heterocycles. The first-order valence-electron chi connectivity index (χ1n) is 8.45. The third-order valence-corrected chi connectivity index (χ3v) is 4.04. The van der Waals surface area contributed by atoms with Gasteiger partial charge in [0.2, 0.25) is 29.5 Å². The molecule has 1 aliphatic rings. The molecule has 0 radical (unpaired) electrons. The minimum atomic E-state index is -1.52. The monoisotopic (exact) mass is 400 g/mol. The van der Waals surface area contributed by atoms with E-state index in [4.69, 9.17) is 22.3 Å². The summed E-state index contributed by atoms with van der Waals surface area (Å²) in [5, 5.41) is 13.3. The van der Waals surface area contributed by atoms with Crippen LogP contribution in [0.15, 0.2) is 0 Å². The molecule has 0 aromatic rings. The second-order valence-electron chi connectivity index (χ2n) is 6.31. The zero-order valence-electron chi connectivity index (χ0n) is 15.1. The van der Waals surface area contributed by atoms with Gasteiger partial charge < -0.3 is 37.8 Å². The lowest BCUT2D eigenvalue weighted by molar-refractivity contribution is -0.143. The van der Waals surface area contributed by atoms with Crippen LogP contribution in [0.2, 0.25) is 0 Å². The van der Waals surface area contributed by atoms with Crippen molar-refractivity contribution in [1.29, 1.82) is 0 Å². The van der Waals surface area contributed by atoms with Gasteiger partial charge >= 0.3 is 5.97 Å². The van der Waals surface area contributed by atoms with Crippen molar-refractivity contribution in [2.24, 2.45) is 17.2 Å². The summed E-state index contributed by atoms with van der Waals surface area (Å²) >= 11 is 0. The summed E-state index contributed by atoms with van der Waals surface area (Å²) in [5.74, 6) is -5.19. The molecule has 13 heteroatoms. The maximum absolute atomic E-state index is 12.3. The van der Waals surface area contributed by atoms with Crippen molar-refractivity contribution in [1.82, 2.24) is 15.5 Å². The number of carbonyl (C=O) groups excluding carboxylic acids is 5. The fourth-order valence-corrected chi connectivity index (χ4v) is 2.75. The molecule has 1 fully saturated rings. The molecule has 0 aromatic heterocycles. The van der Waals surface area contributed by atoms with Gasteiger partial charge in [-0.25, -0.2) is 4.79 Å². The molecule has 28 heavy (non-hydrogen) atoms. The van der Waals surface area contributed by atoms with Gasteiger partial charge in [-0.15, -0.1) is 0 Å². The number of carboxylic acids is 1. The average Bonchev–Trinajstić information content (AvgIpc) is 3.06. The molecule has 0 aliphatic carbocycles. The van der Waals surface area contributed by atoms with E-state index in [1.165, 1.54) is 4.90 Å². The normalized spacial score (nSPS) is 18.0. The van der Waals surface area contributed by atoms with Gasteiger partial charge in [-0.05, 0) is 12.8 Å². The van der Waals surface area contributed by atoms with Crippen LogP contribution >= 0.6 is 0 Å². The van der Waals surface area contributed by atoms with E-state index in [9.17, 15) is 28.8 Å². The van der Waals surface area contributed by atoms with Crippen LogP contribution in [-0.4, -0.2) is 76.7 Å². The topological polar surface area (TPSA) is 228 Å². The Labute approximate surface area is 159 Å². The summed E-state index contributed by atoms with van der Waals surface area (Å²) in [6, 6.07) is -3.56. The van der Waals surface area contributed by atoms with Crippen LogP contribution in [0.5, 0.6) is 0 Å². The van der Waals surface area contributed by atoms with Crippen molar-refractivity contribution < 1.29 is 33.9 Å². The molecule has 1 aliphatic heterocycles. The lowest BCUT2D eigenvalue weighted by Crippen LogP contribution is -2.53. The number of amides is 5. The second kappa shape index (κ2) is 10.2. The fourth-order valence-electron chi connectivity index (χ4n) is 2.75. The number of rotatable bonds is 10. The molecule has 156 valence electrons.